The van der Waals surface area contributed by atoms with Gasteiger partial charge in [-0.05, 0) is 83.5 Å². The monoisotopic (exact) mass is 507 g/mol. The van der Waals surface area contributed by atoms with Crippen LogP contribution < -0.4 is 10.1 Å². The van der Waals surface area contributed by atoms with Gasteiger partial charge >= 0.3 is 0 Å². The Kier molecular flexibility index (Phi) is 7.99. The van der Waals surface area contributed by atoms with Gasteiger partial charge in [-0.1, -0.05) is 64.4 Å². The van der Waals surface area contributed by atoms with Crippen LogP contribution in [0.2, 0.25) is 0 Å². The summed E-state index contributed by atoms with van der Waals surface area (Å²) in [6, 6.07) is 24.2. The number of ether oxygens (including phenoxy) is 1. The van der Waals surface area contributed by atoms with Gasteiger partial charge in [-0.3, -0.25) is 0 Å². The van der Waals surface area contributed by atoms with Gasteiger partial charge in [0.1, 0.15) is 11.6 Å². The fraction of sp³-hybridized carbons (Fsp3) is 0.382. The first-order chi connectivity index (χ1) is 18.4. The van der Waals surface area contributed by atoms with Crippen LogP contribution in [0.3, 0.4) is 0 Å². The molecule has 4 aromatic rings. The summed E-state index contributed by atoms with van der Waals surface area (Å²) < 4.78 is 8.36. The highest BCUT2D eigenvalue weighted by molar-refractivity contribution is 5.61. The van der Waals surface area contributed by atoms with Crippen LogP contribution in [0.15, 0.2) is 72.9 Å². The SMILES string of the molecule is CCCCc1nc(-c2ccc(OCCc3ccc(C(C)(C)C)cc3)cc2)cn1-c1ccc2c(c1)CNCC2. The van der Waals surface area contributed by atoms with E-state index >= 15 is 0 Å². The van der Waals surface area contributed by atoms with Crippen molar-refractivity contribution >= 4 is 0 Å². The maximum atomic E-state index is 6.07. The van der Waals surface area contributed by atoms with Crippen molar-refractivity contribution < 1.29 is 4.74 Å². The normalized spacial score (nSPS) is 13.4. The zero-order valence-electron chi connectivity index (χ0n) is 23.4. The Morgan fingerprint density at radius 3 is 2.45 bits per heavy atom. The van der Waals surface area contributed by atoms with Crippen molar-refractivity contribution in [1.82, 2.24) is 14.9 Å². The van der Waals surface area contributed by atoms with Gasteiger partial charge in [-0.15, -0.1) is 0 Å². The van der Waals surface area contributed by atoms with Crippen molar-refractivity contribution in [2.75, 3.05) is 13.2 Å². The van der Waals surface area contributed by atoms with E-state index in [1.165, 1.54) is 27.9 Å². The van der Waals surface area contributed by atoms with Gasteiger partial charge in [0.2, 0.25) is 0 Å². The zero-order chi connectivity index (χ0) is 26.5. The molecule has 0 aliphatic carbocycles. The molecule has 0 saturated heterocycles. The van der Waals surface area contributed by atoms with Gasteiger partial charge in [-0.2, -0.15) is 0 Å². The lowest BCUT2D eigenvalue weighted by Crippen LogP contribution is -2.23. The van der Waals surface area contributed by atoms with Gasteiger partial charge in [0.15, 0.2) is 0 Å². The molecule has 198 valence electrons. The lowest BCUT2D eigenvalue weighted by atomic mass is 9.86. The van der Waals surface area contributed by atoms with Gasteiger partial charge in [0, 0.05) is 36.8 Å². The standard InChI is InChI=1S/C34H41N3O/c1-5-6-7-33-36-32(24-37(33)30-15-10-26-18-20-35-23-28(26)22-30)27-11-16-31(17-12-27)38-21-19-25-8-13-29(14-9-25)34(2,3)4/h8-17,22,24,35H,5-7,18-21,23H2,1-4H3. The van der Waals surface area contributed by atoms with Crippen molar-refractivity contribution in [3.8, 4) is 22.7 Å². The highest BCUT2D eigenvalue weighted by atomic mass is 16.5. The van der Waals surface area contributed by atoms with Crippen LogP contribution in [-0.4, -0.2) is 22.7 Å². The van der Waals surface area contributed by atoms with Crippen molar-refractivity contribution in [2.45, 2.75) is 71.8 Å². The Morgan fingerprint density at radius 2 is 1.71 bits per heavy atom. The predicted octanol–water partition coefficient (Wildman–Crippen LogP) is 7.45. The van der Waals surface area contributed by atoms with Crippen LogP contribution in [0.5, 0.6) is 5.75 Å². The molecular weight excluding hydrogens is 466 g/mol. The summed E-state index contributed by atoms with van der Waals surface area (Å²) in [6.45, 7) is 11.6. The van der Waals surface area contributed by atoms with Gasteiger partial charge in [-0.25, -0.2) is 4.98 Å². The molecule has 1 aromatic heterocycles. The molecule has 38 heavy (non-hydrogen) atoms. The second-order valence-electron chi connectivity index (χ2n) is 11.5. The third kappa shape index (κ3) is 6.19. The molecule has 0 spiro atoms. The largest absolute Gasteiger partial charge is 0.493 e. The minimum Gasteiger partial charge on any atom is -0.493 e. The smallest absolute Gasteiger partial charge is 0.119 e. The molecule has 0 bridgehead atoms. The molecule has 1 aliphatic rings. The van der Waals surface area contributed by atoms with Crippen molar-refractivity contribution in [1.29, 1.82) is 0 Å². The van der Waals surface area contributed by atoms with Crippen LogP contribution in [0.4, 0.5) is 0 Å². The number of hydrogen-bond acceptors (Lipinski definition) is 3. The van der Waals surface area contributed by atoms with E-state index in [1.807, 2.05) is 0 Å². The highest BCUT2D eigenvalue weighted by Gasteiger charge is 2.15. The topological polar surface area (TPSA) is 39.1 Å². The second-order valence-corrected chi connectivity index (χ2v) is 11.5. The number of fused-ring (bicyclic) bond motifs is 1. The van der Waals surface area contributed by atoms with Crippen molar-refractivity contribution in [2.24, 2.45) is 0 Å². The van der Waals surface area contributed by atoms with Crippen LogP contribution in [0.1, 0.15) is 68.6 Å². The molecule has 1 N–H and O–H groups in total. The van der Waals surface area contributed by atoms with Gasteiger partial charge in [0.25, 0.3) is 0 Å². The summed E-state index contributed by atoms with van der Waals surface area (Å²) in [4.78, 5) is 5.07. The summed E-state index contributed by atoms with van der Waals surface area (Å²) in [5.74, 6) is 2.02. The first-order valence-electron chi connectivity index (χ1n) is 14.1. The lowest BCUT2D eigenvalue weighted by Gasteiger charge is -2.19. The molecule has 0 amide bonds. The molecule has 3 aromatic carbocycles. The Balaban J connectivity index is 1.27. The number of aromatic nitrogens is 2. The van der Waals surface area contributed by atoms with Crippen LogP contribution in [-0.2, 0) is 31.2 Å². The van der Waals surface area contributed by atoms with E-state index in [4.69, 9.17) is 9.72 Å². The minimum absolute atomic E-state index is 0.182. The molecule has 5 rings (SSSR count). The van der Waals surface area contributed by atoms with Gasteiger partial charge in [0.05, 0.1) is 12.3 Å². The number of benzene rings is 3. The lowest BCUT2D eigenvalue weighted by molar-refractivity contribution is 0.322. The number of aryl methyl sites for hydroxylation is 1. The van der Waals surface area contributed by atoms with Gasteiger partial charge < -0.3 is 14.6 Å². The van der Waals surface area contributed by atoms with Crippen LogP contribution in [0.25, 0.3) is 16.9 Å². The fourth-order valence-corrected chi connectivity index (χ4v) is 5.09. The summed E-state index contributed by atoms with van der Waals surface area (Å²) in [7, 11) is 0. The van der Waals surface area contributed by atoms with Crippen molar-refractivity contribution in [3.05, 3.63) is 101 Å². The predicted molar refractivity (Wildman–Crippen MR) is 157 cm³/mol. The maximum absolute atomic E-state index is 6.07. The van der Waals surface area contributed by atoms with E-state index in [0.29, 0.717) is 6.61 Å². The average Bonchev–Trinajstić information content (AvgIpc) is 3.36. The second kappa shape index (κ2) is 11.6. The third-order valence-electron chi connectivity index (χ3n) is 7.52. The summed E-state index contributed by atoms with van der Waals surface area (Å²) in [6.07, 6.45) is 7.46. The molecular formula is C34H41N3O. The van der Waals surface area contributed by atoms with E-state index in [2.05, 4.69) is 111 Å². The van der Waals surface area contributed by atoms with E-state index in [0.717, 1.165) is 68.0 Å². The molecule has 0 saturated carbocycles. The maximum Gasteiger partial charge on any atom is 0.119 e. The number of imidazole rings is 1. The zero-order valence-corrected chi connectivity index (χ0v) is 23.4. The molecule has 2 heterocycles. The molecule has 4 heteroatoms. The number of rotatable bonds is 9. The van der Waals surface area contributed by atoms with E-state index < -0.39 is 0 Å². The quantitative estimate of drug-likeness (QED) is 0.256. The van der Waals surface area contributed by atoms with E-state index in [9.17, 15) is 0 Å². The summed E-state index contributed by atoms with van der Waals surface area (Å²) >= 11 is 0. The molecule has 0 fully saturated rings. The van der Waals surface area contributed by atoms with Crippen LogP contribution in [0, 0.1) is 0 Å². The molecule has 0 atom stereocenters. The number of unbranched alkanes of at least 4 members (excludes halogenated alkanes) is 1. The minimum atomic E-state index is 0.182. The van der Waals surface area contributed by atoms with Crippen LogP contribution >= 0.6 is 0 Å². The van der Waals surface area contributed by atoms with E-state index in [1.54, 1.807) is 0 Å². The fourth-order valence-electron chi connectivity index (χ4n) is 5.09. The Hall–Kier alpha value is -3.37. The summed E-state index contributed by atoms with van der Waals surface area (Å²) in [5.41, 5.74) is 9.04. The average molecular weight is 508 g/mol. The molecule has 0 unspecified atom stereocenters. The Morgan fingerprint density at radius 1 is 0.921 bits per heavy atom. The number of nitrogens with zero attached hydrogens (tertiary/aromatic N) is 2. The molecule has 1 aliphatic heterocycles. The molecule has 4 nitrogen and oxygen atoms in total. The van der Waals surface area contributed by atoms with Crippen molar-refractivity contribution in [3.63, 3.8) is 0 Å². The molecule has 0 radical (unpaired) electrons. The summed E-state index contributed by atoms with van der Waals surface area (Å²) in [5, 5.41) is 3.50. The third-order valence-corrected chi connectivity index (χ3v) is 7.52. The Bertz CT molecular complexity index is 1340. The Labute approximate surface area is 228 Å². The van der Waals surface area contributed by atoms with E-state index in [-0.39, 0.29) is 5.41 Å². The number of nitrogens with one attached hydrogen (secondary N) is 1. The highest BCUT2D eigenvalue weighted by Crippen LogP contribution is 2.27. The first kappa shape index (κ1) is 26.2. The first-order valence-corrected chi connectivity index (χ1v) is 14.1. The number of hydrogen-bond donors (Lipinski definition) is 1.